The van der Waals surface area contributed by atoms with Gasteiger partial charge in [0.1, 0.15) is 0 Å². The van der Waals surface area contributed by atoms with Crippen LogP contribution in [0.3, 0.4) is 0 Å². The molecule has 0 aliphatic carbocycles. The fourth-order valence-corrected chi connectivity index (χ4v) is 3.57. The summed E-state index contributed by atoms with van der Waals surface area (Å²) < 4.78 is 41.6. The Morgan fingerprint density at radius 1 is 1.31 bits per heavy atom. The first-order chi connectivity index (χ1) is 5.96. The number of halogens is 1. The quantitative estimate of drug-likeness (QED) is 0.658. The van der Waals surface area contributed by atoms with Crippen LogP contribution in [0.5, 0.6) is 0 Å². The SMILES string of the molecule is O=S(O)S(=O)(=O)c1ccccc1Br. The Morgan fingerprint density at radius 3 is 2.31 bits per heavy atom. The first-order valence-corrected chi connectivity index (χ1v) is 6.97. The molecule has 7 heteroatoms. The molecule has 0 aromatic heterocycles. The van der Waals surface area contributed by atoms with Crippen LogP contribution in [0.1, 0.15) is 0 Å². The van der Waals surface area contributed by atoms with E-state index in [-0.39, 0.29) is 9.37 Å². The Morgan fingerprint density at radius 2 is 1.85 bits per heavy atom. The van der Waals surface area contributed by atoms with Crippen molar-refractivity contribution in [2.45, 2.75) is 4.90 Å². The van der Waals surface area contributed by atoms with Crippen LogP contribution in [-0.2, 0) is 19.0 Å². The fourth-order valence-electron chi connectivity index (χ4n) is 0.724. The van der Waals surface area contributed by atoms with Crippen molar-refractivity contribution in [3.05, 3.63) is 28.7 Å². The van der Waals surface area contributed by atoms with Crippen LogP contribution in [0.4, 0.5) is 0 Å². The Bertz CT molecular complexity index is 440. The maximum atomic E-state index is 11.2. The monoisotopic (exact) mass is 284 g/mol. The third-order valence-electron chi connectivity index (χ3n) is 1.29. The fraction of sp³-hybridized carbons (Fsp3) is 0. The van der Waals surface area contributed by atoms with E-state index in [1.807, 2.05) is 0 Å². The zero-order valence-corrected chi connectivity index (χ0v) is 9.39. The molecule has 0 heterocycles. The number of benzene rings is 1. The van der Waals surface area contributed by atoms with Gasteiger partial charge in [0.2, 0.25) is 0 Å². The van der Waals surface area contributed by atoms with Crippen molar-refractivity contribution in [1.29, 1.82) is 0 Å². The minimum Gasteiger partial charge on any atom is -0.294 e. The van der Waals surface area contributed by atoms with Crippen LogP contribution in [0.25, 0.3) is 0 Å². The van der Waals surface area contributed by atoms with Crippen LogP contribution >= 0.6 is 15.9 Å². The van der Waals surface area contributed by atoms with Gasteiger partial charge in [-0.2, -0.15) is 0 Å². The summed E-state index contributed by atoms with van der Waals surface area (Å²) in [7, 11) is -7.02. The molecule has 0 spiro atoms. The average Bonchev–Trinajstić information content (AvgIpc) is 2.04. The normalized spacial score (nSPS) is 14.0. The summed E-state index contributed by atoms with van der Waals surface area (Å²) in [5, 5.41) is 0. The number of hydrogen-bond acceptors (Lipinski definition) is 3. The zero-order chi connectivity index (χ0) is 10.1. The van der Waals surface area contributed by atoms with Crippen LogP contribution in [0.15, 0.2) is 33.6 Å². The van der Waals surface area contributed by atoms with E-state index in [1.54, 1.807) is 6.07 Å². The third kappa shape index (κ3) is 2.16. The topological polar surface area (TPSA) is 71.4 Å². The number of hydrogen-bond donors (Lipinski definition) is 1. The Labute approximate surface area is 85.7 Å². The molecule has 0 bridgehead atoms. The van der Waals surface area contributed by atoms with Crippen LogP contribution in [0, 0.1) is 0 Å². The van der Waals surface area contributed by atoms with Crippen molar-refractivity contribution in [3.63, 3.8) is 0 Å². The van der Waals surface area contributed by atoms with Gasteiger partial charge in [-0.15, -0.1) is 0 Å². The summed E-state index contributed by atoms with van der Waals surface area (Å²) >= 11 is 2.98. The lowest BCUT2D eigenvalue weighted by Gasteiger charge is -2.00. The minimum absolute atomic E-state index is 0.184. The maximum Gasteiger partial charge on any atom is 0.283 e. The first kappa shape index (κ1) is 10.8. The molecule has 1 rings (SSSR count). The molecule has 0 radical (unpaired) electrons. The van der Waals surface area contributed by atoms with Crippen molar-refractivity contribution in [2.75, 3.05) is 0 Å². The Kier molecular flexibility index (Phi) is 3.23. The van der Waals surface area contributed by atoms with E-state index in [1.165, 1.54) is 18.2 Å². The van der Waals surface area contributed by atoms with Gasteiger partial charge in [-0.25, -0.2) is 12.6 Å². The van der Waals surface area contributed by atoms with Gasteiger partial charge in [-0.1, -0.05) is 12.1 Å². The second-order valence-corrected chi connectivity index (χ2v) is 6.91. The molecule has 1 unspecified atom stereocenters. The van der Waals surface area contributed by atoms with Gasteiger partial charge in [-0.05, 0) is 28.1 Å². The van der Waals surface area contributed by atoms with Gasteiger partial charge in [0.25, 0.3) is 19.0 Å². The smallest absolute Gasteiger partial charge is 0.283 e. The standard InChI is InChI=1S/C6H5BrO4S2/c7-5-3-1-2-4-6(5)13(10,11)12(8)9/h1-4H,(H,8,9). The second kappa shape index (κ2) is 3.87. The van der Waals surface area contributed by atoms with Gasteiger partial charge < -0.3 is 0 Å². The molecular formula is C6H5BrO4S2. The number of rotatable bonds is 2. The van der Waals surface area contributed by atoms with E-state index < -0.39 is 19.0 Å². The van der Waals surface area contributed by atoms with Gasteiger partial charge in [-0.3, -0.25) is 4.55 Å². The van der Waals surface area contributed by atoms with Gasteiger partial charge in [0, 0.05) is 4.47 Å². The molecule has 0 saturated heterocycles. The molecule has 0 fully saturated rings. The van der Waals surface area contributed by atoms with E-state index in [4.69, 9.17) is 4.55 Å². The maximum absolute atomic E-state index is 11.2. The first-order valence-electron chi connectivity index (χ1n) is 3.07. The van der Waals surface area contributed by atoms with Gasteiger partial charge in [0.15, 0.2) is 0 Å². The summed E-state index contributed by atoms with van der Waals surface area (Å²) in [5.74, 6) is 0. The van der Waals surface area contributed by atoms with Gasteiger partial charge >= 0.3 is 0 Å². The molecule has 0 saturated carbocycles. The molecule has 13 heavy (non-hydrogen) atoms. The highest BCUT2D eigenvalue weighted by Gasteiger charge is 2.23. The zero-order valence-electron chi connectivity index (χ0n) is 6.18. The van der Waals surface area contributed by atoms with Gasteiger partial charge in [0.05, 0.1) is 4.90 Å². The molecule has 1 aromatic rings. The lowest BCUT2D eigenvalue weighted by molar-refractivity contribution is 0.562. The summed E-state index contributed by atoms with van der Waals surface area (Å²) in [6.07, 6.45) is 0. The molecule has 0 aliphatic rings. The molecular weight excluding hydrogens is 280 g/mol. The summed E-state index contributed by atoms with van der Waals surface area (Å²) in [5.41, 5.74) is 0. The Hall–Kier alpha value is -0.240. The van der Waals surface area contributed by atoms with E-state index in [0.717, 1.165) is 0 Å². The highest BCUT2D eigenvalue weighted by molar-refractivity contribution is 9.10. The molecule has 1 atom stereocenters. The van der Waals surface area contributed by atoms with E-state index in [2.05, 4.69) is 15.9 Å². The molecule has 4 nitrogen and oxygen atoms in total. The lowest BCUT2D eigenvalue weighted by Crippen LogP contribution is -2.07. The van der Waals surface area contributed by atoms with Crippen molar-refractivity contribution in [2.24, 2.45) is 0 Å². The predicted octanol–water partition coefficient (Wildman–Crippen LogP) is 1.36. The molecule has 0 aliphatic heterocycles. The highest BCUT2D eigenvalue weighted by atomic mass is 79.9. The molecule has 1 N–H and O–H groups in total. The van der Waals surface area contributed by atoms with E-state index in [0.29, 0.717) is 0 Å². The highest BCUT2D eigenvalue weighted by Crippen LogP contribution is 2.23. The summed E-state index contributed by atoms with van der Waals surface area (Å²) in [6, 6.07) is 5.83. The largest absolute Gasteiger partial charge is 0.294 e. The van der Waals surface area contributed by atoms with E-state index >= 15 is 0 Å². The van der Waals surface area contributed by atoms with Crippen LogP contribution in [0.2, 0.25) is 0 Å². The lowest BCUT2D eigenvalue weighted by atomic mass is 10.4. The Balaban J connectivity index is 3.40. The average molecular weight is 285 g/mol. The van der Waals surface area contributed by atoms with Crippen molar-refractivity contribution < 1.29 is 17.2 Å². The predicted molar refractivity (Wildman–Crippen MR) is 52.1 cm³/mol. The molecule has 0 amide bonds. The molecule has 72 valence electrons. The van der Waals surface area contributed by atoms with Crippen LogP contribution in [-0.4, -0.2) is 17.2 Å². The third-order valence-corrected chi connectivity index (χ3v) is 5.18. The van der Waals surface area contributed by atoms with Crippen molar-refractivity contribution in [3.8, 4) is 0 Å². The summed E-state index contributed by atoms with van der Waals surface area (Å²) in [6.45, 7) is 0. The summed E-state index contributed by atoms with van der Waals surface area (Å²) in [4.78, 5) is -0.184. The van der Waals surface area contributed by atoms with Crippen molar-refractivity contribution >= 4 is 34.9 Å². The minimum atomic E-state index is -4.13. The van der Waals surface area contributed by atoms with Crippen LogP contribution < -0.4 is 0 Å². The van der Waals surface area contributed by atoms with E-state index in [9.17, 15) is 12.6 Å². The molecule has 1 aromatic carbocycles. The second-order valence-electron chi connectivity index (χ2n) is 2.10. The van der Waals surface area contributed by atoms with Crippen molar-refractivity contribution in [1.82, 2.24) is 0 Å².